The Balaban J connectivity index is 1.69. The average Bonchev–Trinajstić information content (AvgIpc) is 3.25. The van der Waals surface area contributed by atoms with Crippen LogP contribution in [-0.2, 0) is 22.5 Å². The van der Waals surface area contributed by atoms with Gasteiger partial charge in [-0.25, -0.2) is 9.67 Å². The fourth-order valence-electron chi connectivity index (χ4n) is 2.35. The Morgan fingerprint density at radius 3 is 2.79 bits per heavy atom. The number of amides is 1. The van der Waals surface area contributed by atoms with Crippen molar-refractivity contribution in [1.29, 1.82) is 0 Å². The summed E-state index contributed by atoms with van der Waals surface area (Å²) in [6.07, 6.45) is 0.0434. The van der Waals surface area contributed by atoms with Crippen molar-refractivity contribution < 1.29 is 14.3 Å². The van der Waals surface area contributed by atoms with E-state index in [1.807, 2.05) is 6.07 Å². The lowest BCUT2D eigenvalue weighted by molar-refractivity contribution is -0.139. The SMILES string of the molecule is COC(=O)Cc1csc(NC(=O)c2nnn(Cc3ccc(Cl)c(Cl)c3)c2C)n1. The molecule has 0 aliphatic heterocycles. The number of nitrogens with zero attached hydrogens (tertiary/aromatic N) is 4. The van der Waals surface area contributed by atoms with Gasteiger partial charge in [0.25, 0.3) is 5.91 Å². The van der Waals surface area contributed by atoms with Crippen molar-refractivity contribution in [2.75, 3.05) is 12.4 Å². The number of aromatic nitrogens is 4. The van der Waals surface area contributed by atoms with Crippen LogP contribution in [0.1, 0.15) is 27.4 Å². The van der Waals surface area contributed by atoms with Gasteiger partial charge >= 0.3 is 5.97 Å². The zero-order chi connectivity index (χ0) is 20.3. The molecule has 1 amide bonds. The first-order valence-corrected chi connectivity index (χ1v) is 9.67. The highest BCUT2D eigenvalue weighted by atomic mass is 35.5. The number of anilines is 1. The van der Waals surface area contributed by atoms with E-state index in [-0.39, 0.29) is 12.1 Å². The van der Waals surface area contributed by atoms with Crippen LogP contribution in [0.15, 0.2) is 23.6 Å². The minimum Gasteiger partial charge on any atom is -0.469 e. The third kappa shape index (κ3) is 4.67. The molecule has 28 heavy (non-hydrogen) atoms. The van der Waals surface area contributed by atoms with Gasteiger partial charge in [0.05, 0.1) is 41.5 Å². The van der Waals surface area contributed by atoms with Gasteiger partial charge in [-0.1, -0.05) is 34.5 Å². The first-order valence-electron chi connectivity index (χ1n) is 8.04. The molecule has 3 rings (SSSR count). The van der Waals surface area contributed by atoms with Crippen molar-refractivity contribution in [3.63, 3.8) is 0 Å². The smallest absolute Gasteiger partial charge is 0.311 e. The topological polar surface area (TPSA) is 99.0 Å². The Morgan fingerprint density at radius 2 is 2.07 bits per heavy atom. The number of carbonyl (C=O) groups is 2. The maximum atomic E-state index is 12.5. The van der Waals surface area contributed by atoms with Crippen LogP contribution in [0.5, 0.6) is 0 Å². The molecule has 1 aromatic carbocycles. The summed E-state index contributed by atoms with van der Waals surface area (Å²) in [6, 6.07) is 5.27. The number of methoxy groups -OCH3 is 1. The van der Waals surface area contributed by atoms with Crippen molar-refractivity contribution >= 4 is 51.5 Å². The van der Waals surface area contributed by atoms with E-state index in [9.17, 15) is 9.59 Å². The molecule has 0 aliphatic carbocycles. The molecule has 0 bridgehead atoms. The van der Waals surface area contributed by atoms with Crippen LogP contribution in [0, 0.1) is 6.92 Å². The summed E-state index contributed by atoms with van der Waals surface area (Å²) in [5, 5.41) is 13.6. The van der Waals surface area contributed by atoms with Crippen molar-refractivity contribution in [2.24, 2.45) is 0 Å². The molecule has 1 N–H and O–H groups in total. The summed E-state index contributed by atoms with van der Waals surface area (Å²) in [5.74, 6) is -0.832. The minimum atomic E-state index is -0.433. The largest absolute Gasteiger partial charge is 0.469 e. The predicted molar refractivity (Wildman–Crippen MR) is 106 cm³/mol. The van der Waals surface area contributed by atoms with E-state index in [2.05, 4.69) is 25.3 Å². The number of thiazole rings is 1. The second-order valence-electron chi connectivity index (χ2n) is 5.78. The number of rotatable bonds is 6. The molecule has 0 atom stereocenters. The van der Waals surface area contributed by atoms with E-state index in [0.717, 1.165) is 5.56 Å². The minimum absolute atomic E-state index is 0.0434. The summed E-state index contributed by atoms with van der Waals surface area (Å²) in [7, 11) is 1.31. The number of benzene rings is 1. The molecule has 146 valence electrons. The Hall–Kier alpha value is -2.49. The molecule has 0 aliphatic rings. The maximum absolute atomic E-state index is 12.5. The quantitative estimate of drug-likeness (QED) is 0.591. The molecule has 0 saturated carbocycles. The van der Waals surface area contributed by atoms with Crippen LogP contribution in [0.4, 0.5) is 5.13 Å². The monoisotopic (exact) mass is 439 g/mol. The molecule has 0 fully saturated rings. The molecule has 0 saturated heterocycles. The van der Waals surface area contributed by atoms with Crippen molar-refractivity contribution in [2.45, 2.75) is 19.9 Å². The van der Waals surface area contributed by atoms with Gasteiger partial charge in [0.2, 0.25) is 0 Å². The lowest BCUT2D eigenvalue weighted by Crippen LogP contribution is -2.14. The first kappa shape index (κ1) is 20.2. The second-order valence-corrected chi connectivity index (χ2v) is 7.45. The van der Waals surface area contributed by atoms with Crippen LogP contribution < -0.4 is 5.32 Å². The number of hydrogen-bond acceptors (Lipinski definition) is 7. The van der Waals surface area contributed by atoms with Gasteiger partial charge in [-0.2, -0.15) is 0 Å². The number of hydrogen-bond donors (Lipinski definition) is 1. The van der Waals surface area contributed by atoms with Gasteiger partial charge in [0.1, 0.15) is 0 Å². The van der Waals surface area contributed by atoms with E-state index in [4.69, 9.17) is 23.2 Å². The first-order chi connectivity index (χ1) is 13.4. The fraction of sp³-hybridized carbons (Fsp3) is 0.235. The average molecular weight is 440 g/mol. The summed E-state index contributed by atoms with van der Waals surface area (Å²) in [6.45, 7) is 2.14. The van der Waals surface area contributed by atoms with Crippen LogP contribution in [0.2, 0.25) is 10.0 Å². The molecular weight excluding hydrogens is 425 g/mol. The van der Waals surface area contributed by atoms with Gasteiger partial charge in [0.15, 0.2) is 10.8 Å². The van der Waals surface area contributed by atoms with Gasteiger partial charge in [-0.3, -0.25) is 14.9 Å². The maximum Gasteiger partial charge on any atom is 0.311 e. The predicted octanol–water partition coefficient (Wildman–Crippen LogP) is 3.37. The molecule has 0 unspecified atom stereocenters. The Labute approximate surface area is 174 Å². The van der Waals surface area contributed by atoms with E-state index in [0.29, 0.717) is 33.1 Å². The summed E-state index contributed by atoms with van der Waals surface area (Å²) < 4.78 is 6.19. The van der Waals surface area contributed by atoms with E-state index in [1.54, 1.807) is 29.1 Å². The number of carbonyl (C=O) groups excluding carboxylic acids is 2. The van der Waals surface area contributed by atoms with Crippen molar-refractivity contribution in [1.82, 2.24) is 20.0 Å². The molecule has 8 nitrogen and oxygen atoms in total. The highest BCUT2D eigenvalue weighted by Gasteiger charge is 2.18. The van der Waals surface area contributed by atoms with E-state index >= 15 is 0 Å². The van der Waals surface area contributed by atoms with Crippen LogP contribution in [0.3, 0.4) is 0 Å². The zero-order valence-corrected chi connectivity index (χ0v) is 17.2. The lowest BCUT2D eigenvalue weighted by Gasteiger charge is -2.05. The van der Waals surface area contributed by atoms with E-state index in [1.165, 1.54) is 18.4 Å². The molecule has 11 heteroatoms. The summed E-state index contributed by atoms with van der Waals surface area (Å²) in [5.41, 5.74) is 2.17. The lowest BCUT2D eigenvalue weighted by atomic mass is 10.2. The van der Waals surface area contributed by atoms with E-state index < -0.39 is 11.9 Å². The number of halogens is 2. The van der Waals surface area contributed by atoms with Crippen molar-refractivity contribution in [3.8, 4) is 0 Å². The number of nitrogens with one attached hydrogen (secondary N) is 1. The molecule has 0 radical (unpaired) electrons. The van der Waals surface area contributed by atoms with Gasteiger partial charge in [-0.15, -0.1) is 16.4 Å². The second kappa shape index (κ2) is 8.68. The zero-order valence-electron chi connectivity index (χ0n) is 14.9. The third-order valence-corrected chi connectivity index (χ3v) is 5.38. The Morgan fingerprint density at radius 1 is 1.29 bits per heavy atom. The Bertz CT molecular complexity index is 1030. The van der Waals surface area contributed by atoms with Crippen LogP contribution >= 0.6 is 34.5 Å². The third-order valence-electron chi connectivity index (χ3n) is 3.84. The number of ether oxygens (including phenoxy) is 1. The molecule has 3 aromatic rings. The molecule has 2 aromatic heterocycles. The highest BCUT2D eigenvalue weighted by molar-refractivity contribution is 7.14. The highest BCUT2D eigenvalue weighted by Crippen LogP contribution is 2.23. The normalized spacial score (nSPS) is 10.7. The van der Waals surface area contributed by atoms with Crippen LogP contribution in [-0.4, -0.2) is 39.0 Å². The molecule has 2 heterocycles. The van der Waals surface area contributed by atoms with Gasteiger partial charge < -0.3 is 4.74 Å². The summed E-state index contributed by atoms with van der Waals surface area (Å²) in [4.78, 5) is 28.0. The van der Waals surface area contributed by atoms with Gasteiger partial charge in [0, 0.05) is 5.38 Å². The standard InChI is InChI=1S/C17H15Cl2N5O3S/c1-9-15(16(26)21-17-20-11(8-28-17)6-14(25)27-2)22-23-24(9)7-10-3-4-12(18)13(19)5-10/h3-5,8H,6-7H2,1-2H3,(H,20,21,26). The van der Waals surface area contributed by atoms with Crippen LogP contribution in [0.25, 0.3) is 0 Å². The summed E-state index contributed by atoms with van der Waals surface area (Å²) >= 11 is 13.2. The molecule has 0 spiro atoms. The van der Waals surface area contributed by atoms with Crippen molar-refractivity contribution in [3.05, 3.63) is 56.3 Å². The molecular formula is C17H15Cl2N5O3S. The van der Waals surface area contributed by atoms with Gasteiger partial charge in [-0.05, 0) is 24.6 Å². The Kier molecular flexibility index (Phi) is 6.28. The number of esters is 1. The fourth-order valence-corrected chi connectivity index (χ4v) is 3.38.